The molecule has 0 aromatic heterocycles. The summed E-state index contributed by atoms with van der Waals surface area (Å²) in [6, 6.07) is 6.92. The van der Waals surface area contributed by atoms with Crippen LogP contribution in [0.1, 0.15) is 90.2 Å². The molecule has 256 valence electrons. The molecular weight excluding hydrogens is 606 g/mol. The van der Waals surface area contributed by atoms with Crippen LogP contribution in [0, 0.1) is 28.6 Å². The van der Waals surface area contributed by atoms with Gasteiger partial charge in [0.15, 0.2) is 18.4 Å². The number of benzene rings is 1. The van der Waals surface area contributed by atoms with E-state index in [1.165, 1.54) is 0 Å². The molecule has 1 aromatic rings. The molecular formula is C36H47NO10. The molecule has 0 spiro atoms. The lowest BCUT2D eigenvalue weighted by Gasteiger charge is -2.60. The van der Waals surface area contributed by atoms with Gasteiger partial charge in [-0.25, -0.2) is 4.79 Å². The van der Waals surface area contributed by atoms with Crippen LogP contribution < -0.4 is 5.32 Å². The average Bonchev–Trinajstić information content (AvgIpc) is 3.32. The number of ketones is 2. The number of esters is 2. The second kappa shape index (κ2) is 13.6. The summed E-state index contributed by atoms with van der Waals surface area (Å²) in [6.07, 6.45) is 2.55. The Labute approximate surface area is 275 Å². The van der Waals surface area contributed by atoms with Crippen LogP contribution in [0.25, 0.3) is 0 Å². The van der Waals surface area contributed by atoms with E-state index in [1.807, 2.05) is 6.92 Å². The molecule has 3 fully saturated rings. The number of carbonyl (C=O) groups is 5. The van der Waals surface area contributed by atoms with Crippen molar-refractivity contribution in [1.29, 1.82) is 0 Å². The third kappa shape index (κ3) is 6.41. The Kier molecular flexibility index (Phi) is 10.1. The zero-order chi connectivity index (χ0) is 34.1. The summed E-state index contributed by atoms with van der Waals surface area (Å²) in [5.74, 6) is -2.85. The summed E-state index contributed by atoms with van der Waals surface area (Å²) in [4.78, 5) is 63.5. The van der Waals surface area contributed by atoms with Crippen molar-refractivity contribution in [2.75, 3.05) is 13.2 Å². The quantitative estimate of drug-likeness (QED) is 0.260. The van der Waals surface area contributed by atoms with Crippen molar-refractivity contribution < 1.29 is 48.8 Å². The highest BCUT2D eigenvalue weighted by molar-refractivity contribution is 5.92. The van der Waals surface area contributed by atoms with Crippen LogP contribution in [0.5, 0.6) is 0 Å². The van der Waals surface area contributed by atoms with E-state index in [0.717, 1.165) is 18.4 Å². The number of aliphatic hydroxyl groups excluding tert-OH is 2. The third-order valence-corrected chi connectivity index (χ3v) is 11.7. The Morgan fingerprint density at radius 1 is 1.02 bits per heavy atom. The van der Waals surface area contributed by atoms with E-state index in [1.54, 1.807) is 43.3 Å². The van der Waals surface area contributed by atoms with Crippen LogP contribution in [0.4, 0.5) is 0 Å². The number of ether oxygens (including phenoxy) is 2. The minimum Gasteiger partial charge on any atom is -0.464 e. The molecule has 47 heavy (non-hydrogen) atoms. The number of rotatable bonds is 11. The van der Waals surface area contributed by atoms with Crippen LogP contribution in [0.15, 0.2) is 42.0 Å². The summed E-state index contributed by atoms with van der Waals surface area (Å²) in [5, 5.41) is 36.6. The molecule has 0 aliphatic heterocycles. The topological polar surface area (TPSA) is 177 Å². The normalized spacial score (nSPS) is 34.1. The summed E-state index contributed by atoms with van der Waals surface area (Å²) in [7, 11) is 0. The van der Waals surface area contributed by atoms with Crippen molar-refractivity contribution in [1.82, 2.24) is 5.32 Å². The molecule has 0 unspecified atom stereocenters. The van der Waals surface area contributed by atoms with Gasteiger partial charge in [0.1, 0.15) is 11.7 Å². The predicted molar refractivity (Wildman–Crippen MR) is 168 cm³/mol. The van der Waals surface area contributed by atoms with Gasteiger partial charge in [-0.2, -0.15) is 0 Å². The molecule has 5 rings (SSSR count). The molecule has 0 radical (unpaired) electrons. The number of Topliss-reactive ketones (excluding diaryl/α,β-unsaturated/α-hetero) is 1. The van der Waals surface area contributed by atoms with Gasteiger partial charge in [-0.05, 0) is 80.3 Å². The molecule has 11 heteroatoms. The molecule has 11 nitrogen and oxygen atoms in total. The number of nitrogens with one attached hydrogen (secondary N) is 1. The van der Waals surface area contributed by atoms with E-state index in [0.29, 0.717) is 24.8 Å². The summed E-state index contributed by atoms with van der Waals surface area (Å²) < 4.78 is 10.2. The molecule has 1 aromatic carbocycles. The van der Waals surface area contributed by atoms with Crippen LogP contribution >= 0.6 is 0 Å². The average molecular weight is 654 g/mol. The molecule has 0 heterocycles. The van der Waals surface area contributed by atoms with Gasteiger partial charge in [-0.15, -0.1) is 0 Å². The first kappa shape index (κ1) is 34.9. The van der Waals surface area contributed by atoms with Gasteiger partial charge in [0.2, 0.25) is 11.7 Å². The maximum Gasteiger partial charge on any atom is 0.331 e. The lowest BCUT2D eigenvalue weighted by atomic mass is 9.45. The molecule has 0 saturated heterocycles. The van der Waals surface area contributed by atoms with Crippen LogP contribution in [-0.2, 0) is 33.4 Å². The highest BCUT2D eigenvalue weighted by atomic mass is 16.5. The monoisotopic (exact) mass is 653 g/mol. The standard InChI is InChI=1S/C36H47NO10/c1-4-46-33(44)31(32(43)21-8-6-5-7-9-21)37-28(41)12-13-29(42)47-20-27(40)36(45)17-15-25-24-11-10-22-18-23(38)14-16-34(22,2)30(24)26(39)19-35(25,36)3/h5-9,18,24-26,30-32,39,43,45H,4,10-17,19-20H2,1-3H3,(H,37,41)/t24-,25+,26-,30-,31-,32-,34-,35-,36+/m0/s1. The number of fused-ring (bicyclic) bond motifs is 5. The lowest BCUT2D eigenvalue weighted by Crippen LogP contribution is -2.62. The van der Waals surface area contributed by atoms with Gasteiger partial charge >= 0.3 is 11.9 Å². The predicted octanol–water partition coefficient (Wildman–Crippen LogP) is 2.89. The SMILES string of the molecule is CCOC(=O)[C@@H](NC(=O)CCC(=O)OCC(=O)[C@]1(O)CC[C@@H]2[C@@H]3CCC4=CC(=O)CC[C@]4(C)[C@@H]3[C@@H](O)C[C@@]21C)[C@@H](O)c1ccccc1. The molecule has 4 N–H and O–H groups in total. The van der Waals surface area contributed by atoms with Gasteiger partial charge in [-0.1, -0.05) is 49.8 Å². The number of aliphatic hydroxyl groups is 3. The largest absolute Gasteiger partial charge is 0.464 e. The number of carbonyl (C=O) groups excluding carboxylic acids is 5. The summed E-state index contributed by atoms with van der Waals surface area (Å²) in [6.45, 7) is 4.97. The van der Waals surface area contributed by atoms with Crippen molar-refractivity contribution >= 4 is 29.4 Å². The Bertz CT molecular complexity index is 1430. The maximum absolute atomic E-state index is 13.5. The first-order valence-electron chi connectivity index (χ1n) is 16.8. The van der Waals surface area contributed by atoms with Gasteiger partial charge < -0.3 is 30.1 Å². The smallest absolute Gasteiger partial charge is 0.331 e. The van der Waals surface area contributed by atoms with Crippen molar-refractivity contribution in [2.45, 2.75) is 102 Å². The first-order valence-corrected chi connectivity index (χ1v) is 16.8. The number of hydrogen-bond donors (Lipinski definition) is 4. The van der Waals surface area contributed by atoms with E-state index >= 15 is 0 Å². The molecule has 4 aliphatic rings. The van der Waals surface area contributed by atoms with Crippen molar-refractivity contribution in [2.24, 2.45) is 28.6 Å². The summed E-state index contributed by atoms with van der Waals surface area (Å²) >= 11 is 0. The fourth-order valence-electron chi connectivity index (χ4n) is 9.29. The van der Waals surface area contributed by atoms with E-state index < -0.39 is 65.9 Å². The zero-order valence-electron chi connectivity index (χ0n) is 27.4. The highest BCUT2D eigenvalue weighted by Gasteiger charge is 2.68. The van der Waals surface area contributed by atoms with Gasteiger partial charge in [-0.3, -0.25) is 19.2 Å². The molecule has 9 atom stereocenters. The van der Waals surface area contributed by atoms with Gasteiger partial charge in [0.05, 0.1) is 19.1 Å². The van der Waals surface area contributed by atoms with E-state index in [2.05, 4.69) is 12.2 Å². The number of allylic oxidation sites excluding steroid dienone is 1. The number of amides is 1. The van der Waals surface area contributed by atoms with E-state index in [4.69, 9.17) is 9.47 Å². The maximum atomic E-state index is 13.5. The van der Waals surface area contributed by atoms with Crippen molar-refractivity contribution in [3.05, 3.63) is 47.5 Å². The zero-order valence-corrected chi connectivity index (χ0v) is 27.4. The Hall–Kier alpha value is -3.41. The molecule has 1 amide bonds. The summed E-state index contributed by atoms with van der Waals surface area (Å²) in [5.41, 5.74) is -1.50. The van der Waals surface area contributed by atoms with Crippen molar-refractivity contribution in [3.63, 3.8) is 0 Å². The third-order valence-electron chi connectivity index (χ3n) is 11.7. The Balaban J connectivity index is 1.17. The molecule has 0 bridgehead atoms. The second-order valence-electron chi connectivity index (χ2n) is 14.2. The number of hydrogen-bond acceptors (Lipinski definition) is 10. The Morgan fingerprint density at radius 3 is 2.45 bits per heavy atom. The fraction of sp³-hybridized carbons (Fsp3) is 0.639. The molecule has 4 aliphatic carbocycles. The minimum absolute atomic E-state index is 0.0150. The fourth-order valence-corrected chi connectivity index (χ4v) is 9.29. The highest BCUT2D eigenvalue weighted by Crippen LogP contribution is 2.67. The molecule has 3 saturated carbocycles. The van der Waals surface area contributed by atoms with Crippen molar-refractivity contribution in [3.8, 4) is 0 Å². The van der Waals surface area contributed by atoms with Gasteiger partial charge in [0, 0.05) is 18.3 Å². The van der Waals surface area contributed by atoms with E-state index in [-0.39, 0.29) is 54.8 Å². The van der Waals surface area contributed by atoms with Gasteiger partial charge in [0.25, 0.3) is 0 Å². The lowest BCUT2D eigenvalue weighted by molar-refractivity contribution is -0.184. The minimum atomic E-state index is -1.79. The van der Waals surface area contributed by atoms with Crippen LogP contribution in [-0.4, -0.2) is 75.7 Å². The second-order valence-corrected chi connectivity index (χ2v) is 14.2. The van der Waals surface area contributed by atoms with Crippen LogP contribution in [0.3, 0.4) is 0 Å². The Morgan fingerprint density at radius 2 is 1.74 bits per heavy atom. The van der Waals surface area contributed by atoms with Crippen LogP contribution in [0.2, 0.25) is 0 Å². The first-order chi connectivity index (χ1) is 22.2. The van der Waals surface area contributed by atoms with E-state index in [9.17, 15) is 39.3 Å².